The van der Waals surface area contributed by atoms with Crippen LogP contribution in [-0.2, 0) is 11.3 Å². The van der Waals surface area contributed by atoms with Gasteiger partial charge in [-0.1, -0.05) is 0 Å². The molecule has 1 aliphatic rings. The zero-order valence-electron chi connectivity index (χ0n) is 10.5. The molecule has 0 aromatic carbocycles. The number of ether oxygens (including phenoxy) is 1. The van der Waals surface area contributed by atoms with Gasteiger partial charge in [0.15, 0.2) is 0 Å². The van der Waals surface area contributed by atoms with Crippen molar-refractivity contribution in [3.8, 4) is 0 Å². The summed E-state index contributed by atoms with van der Waals surface area (Å²) < 4.78 is 10.5. The number of nitrogens with one attached hydrogen (secondary N) is 1. The van der Waals surface area contributed by atoms with Crippen LogP contribution in [0.25, 0.3) is 0 Å². The Labute approximate surface area is 106 Å². The molecular weight excluding hydrogens is 234 g/mol. The molecule has 0 amide bonds. The topological polar surface area (TPSA) is 71.7 Å². The smallest absolute Gasteiger partial charge is 0.338 e. The third-order valence-electron chi connectivity index (χ3n) is 3.47. The van der Waals surface area contributed by atoms with Crippen LogP contribution in [0.4, 0.5) is 0 Å². The van der Waals surface area contributed by atoms with E-state index in [2.05, 4.69) is 12.2 Å². The fourth-order valence-electron chi connectivity index (χ4n) is 2.23. The molecule has 1 aliphatic heterocycles. The van der Waals surface area contributed by atoms with E-state index in [1.165, 1.54) is 6.26 Å². The van der Waals surface area contributed by atoms with Crippen LogP contribution in [0.1, 0.15) is 35.9 Å². The number of carboxylic acid groups (broad SMARTS) is 1. The first-order chi connectivity index (χ1) is 8.66. The molecule has 1 aromatic rings. The second kappa shape index (κ2) is 6.02. The average molecular weight is 253 g/mol. The molecule has 18 heavy (non-hydrogen) atoms. The number of hydrogen-bond acceptors (Lipinski definition) is 4. The monoisotopic (exact) mass is 253 g/mol. The van der Waals surface area contributed by atoms with Gasteiger partial charge in [-0.3, -0.25) is 0 Å². The first-order valence-electron chi connectivity index (χ1n) is 6.28. The van der Waals surface area contributed by atoms with Crippen molar-refractivity contribution in [1.29, 1.82) is 0 Å². The highest BCUT2D eigenvalue weighted by Crippen LogP contribution is 2.19. The van der Waals surface area contributed by atoms with Crippen molar-refractivity contribution >= 4 is 5.97 Å². The predicted octanol–water partition coefficient (Wildman–Crippen LogP) is 1.88. The molecule has 2 heterocycles. The first-order valence-corrected chi connectivity index (χ1v) is 6.28. The summed E-state index contributed by atoms with van der Waals surface area (Å²) in [5.41, 5.74) is 0.200. The van der Waals surface area contributed by atoms with Gasteiger partial charge in [0.2, 0.25) is 0 Å². The minimum atomic E-state index is -0.956. The van der Waals surface area contributed by atoms with Crippen LogP contribution in [0.5, 0.6) is 0 Å². The standard InChI is InChI=1S/C13H19NO4/c1-9(10-2-4-17-5-3-10)14-7-12-6-11(8-18-12)13(15)16/h6,8-10,14H,2-5,7H2,1H3,(H,15,16). The second-order valence-electron chi connectivity index (χ2n) is 4.73. The van der Waals surface area contributed by atoms with Crippen LogP contribution < -0.4 is 5.32 Å². The van der Waals surface area contributed by atoms with Crippen molar-refractivity contribution in [2.24, 2.45) is 5.92 Å². The van der Waals surface area contributed by atoms with Crippen molar-refractivity contribution in [2.75, 3.05) is 13.2 Å². The molecule has 1 unspecified atom stereocenters. The molecule has 100 valence electrons. The summed E-state index contributed by atoms with van der Waals surface area (Å²) in [5.74, 6) is 0.321. The Balaban J connectivity index is 1.80. The summed E-state index contributed by atoms with van der Waals surface area (Å²) >= 11 is 0. The summed E-state index contributed by atoms with van der Waals surface area (Å²) in [6, 6.07) is 1.94. The highest BCUT2D eigenvalue weighted by atomic mass is 16.5. The molecule has 0 aliphatic carbocycles. The second-order valence-corrected chi connectivity index (χ2v) is 4.73. The molecule has 1 fully saturated rings. The lowest BCUT2D eigenvalue weighted by molar-refractivity contribution is 0.0555. The summed E-state index contributed by atoms with van der Waals surface area (Å²) in [5, 5.41) is 12.2. The van der Waals surface area contributed by atoms with E-state index >= 15 is 0 Å². The molecule has 5 heteroatoms. The van der Waals surface area contributed by atoms with E-state index in [0.29, 0.717) is 24.3 Å². The van der Waals surface area contributed by atoms with Gasteiger partial charge in [0.25, 0.3) is 0 Å². The molecule has 0 spiro atoms. The van der Waals surface area contributed by atoms with E-state index in [1.54, 1.807) is 6.07 Å². The van der Waals surface area contributed by atoms with Crippen LogP contribution in [0.3, 0.4) is 0 Å². The fraction of sp³-hybridized carbons (Fsp3) is 0.615. The van der Waals surface area contributed by atoms with E-state index in [0.717, 1.165) is 26.1 Å². The maximum absolute atomic E-state index is 10.7. The molecule has 5 nitrogen and oxygen atoms in total. The van der Waals surface area contributed by atoms with Gasteiger partial charge in [0.1, 0.15) is 12.0 Å². The molecule has 1 atom stereocenters. The van der Waals surface area contributed by atoms with Crippen LogP contribution in [-0.4, -0.2) is 30.3 Å². The lowest BCUT2D eigenvalue weighted by atomic mass is 9.93. The van der Waals surface area contributed by atoms with Gasteiger partial charge in [0.05, 0.1) is 12.1 Å². The Morgan fingerprint density at radius 3 is 2.89 bits per heavy atom. The zero-order valence-corrected chi connectivity index (χ0v) is 10.5. The molecule has 1 aromatic heterocycles. The van der Waals surface area contributed by atoms with E-state index in [9.17, 15) is 4.79 Å². The van der Waals surface area contributed by atoms with Gasteiger partial charge in [-0.2, -0.15) is 0 Å². The van der Waals surface area contributed by atoms with Crippen LogP contribution in [0, 0.1) is 5.92 Å². The Kier molecular flexibility index (Phi) is 4.38. The Hall–Kier alpha value is -1.33. The highest BCUT2D eigenvalue weighted by molar-refractivity contribution is 5.87. The maximum Gasteiger partial charge on any atom is 0.338 e. The van der Waals surface area contributed by atoms with Crippen molar-refractivity contribution in [3.63, 3.8) is 0 Å². The van der Waals surface area contributed by atoms with E-state index in [1.807, 2.05) is 0 Å². The van der Waals surface area contributed by atoms with Gasteiger partial charge < -0.3 is 19.6 Å². The normalized spacial score (nSPS) is 18.7. The molecular formula is C13H19NO4. The number of hydrogen-bond donors (Lipinski definition) is 2. The number of aromatic carboxylic acids is 1. The maximum atomic E-state index is 10.7. The number of rotatable bonds is 5. The van der Waals surface area contributed by atoms with Crippen LogP contribution >= 0.6 is 0 Å². The Bertz CT molecular complexity index is 395. The SMILES string of the molecule is CC(NCc1cc(C(=O)O)co1)C1CCOCC1. The lowest BCUT2D eigenvalue weighted by Gasteiger charge is -2.28. The molecule has 1 saturated heterocycles. The molecule has 0 radical (unpaired) electrons. The highest BCUT2D eigenvalue weighted by Gasteiger charge is 2.20. The molecule has 2 N–H and O–H groups in total. The summed E-state index contributed by atoms with van der Waals surface area (Å²) in [6.07, 6.45) is 3.43. The predicted molar refractivity (Wildman–Crippen MR) is 65.5 cm³/mol. The third kappa shape index (κ3) is 3.34. The van der Waals surface area contributed by atoms with E-state index in [-0.39, 0.29) is 5.56 Å². The van der Waals surface area contributed by atoms with E-state index < -0.39 is 5.97 Å². The molecule has 0 bridgehead atoms. The lowest BCUT2D eigenvalue weighted by Crippen LogP contribution is -2.36. The minimum absolute atomic E-state index is 0.200. The average Bonchev–Trinajstić information content (AvgIpc) is 2.86. The van der Waals surface area contributed by atoms with Gasteiger partial charge in [-0.15, -0.1) is 0 Å². The third-order valence-corrected chi connectivity index (χ3v) is 3.47. The molecule has 0 saturated carbocycles. The van der Waals surface area contributed by atoms with Crippen molar-refractivity contribution in [3.05, 3.63) is 23.7 Å². The minimum Gasteiger partial charge on any atom is -0.478 e. The van der Waals surface area contributed by atoms with Crippen molar-refractivity contribution in [1.82, 2.24) is 5.32 Å². The summed E-state index contributed by atoms with van der Waals surface area (Å²) in [6.45, 7) is 4.38. The largest absolute Gasteiger partial charge is 0.478 e. The zero-order chi connectivity index (χ0) is 13.0. The quantitative estimate of drug-likeness (QED) is 0.838. The summed E-state index contributed by atoms with van der Waals surface area (Å²) in [4.78, 5) is 10.7. The van der Waals surface area contributed by atoms with Gasteiger partial charge in [-0.25, -0.2) is 4.79 Å². The Morgan fingerprint density at radius 1 is 1.56 bits per heavy atom. The van der Waals surface area contributed by atoms with Crippen molar-refractivity contribution < 1.29 is 19.1 Å². The number of carbonyl (C=O) groups is 1. The van der Waals surface area contributed by atoms with E-state index in [4.69, 9.17) is 14.3 Å². The van der Waals surface area contributed by atoms with Gasteiger partial charge in [0, 0.05) is 19.3 Å². The number of carboxylic acids is 1. The van der Waals surface area contributed by atoms with Gasteiger partial charge >= 0.3 is 5.97 Å². The van der Waals surface area contributed by atoms with Crippen LogP contribution in [0.2, 0.25) is 0 Å². The first kappa shape index (κ1) is 13.1. The van der Waals surface area contributed by atoms with Crippen LogP contribution in [0.15, 0.2) is 16.7 Å². The fourth-order valence-corrected chi connectivity index (χ4v) is 2.23. The molecule has 2 rings (SSSR count). The van der Waals surface area contributed by atoms with Crippen molar-refractivity contribution in [2.45, 2.75) is 32.4 Å². The Morgan fingerprint density at radius 2 is 2.28 bits per heavy atom. The summed E-state index contributed by atoms with van der Waals surface area (Å²) in [7, 11) is 0. The number of furan rings is 1. The van der Waals surface area contributed by atoms with Gasteiger partial charge in [-0.05, 0) is 31.7 Å².